The van der Waals surface area contributed by atoms with E-state index < -0.39 is 7.14 Å². The van der Waals surface area contributed by atoms with Gasteiger partial charge in [-0.1, -0.05) is 116 Å². The highest BCUT2D eigenvalue weighted by atomic mass is 31.2. The van der Waals surface area contributed by atoms with Crippen LogP contribution in [-0.4, -0.2) is 5.66 Å². The molecule has 0 aliphatic carbocycles. The summed E-state index contributed by atoms with van der Waals surface area (Å²) in [7, 11) is -2.94. The fourth-order valence-corrected chi connectivity index (χ4v) is 7.12. The van der Waals surface area contributed by atoms with Gasteiger partial charge in [0.25, 0.3) is 0 Å². The first-order valence-corrected chi connectivity index (χ1v) is 12.0. The lowest BCUT2D eigenvalue weighted by atomic mass is 10.0. The standard InChI is InChI=1S/C27H26NOP/c1-22(27(23-14-6-2-7-15-23)28-24-16-8-3-9-17-24)30(29,25-18-10-4-11-19-25)26-20-12-5-13-21-26/h2-22,27-28H,1H3/t22-,27+/m1/s1. The molecule has 1 N–H and O–H groups in total. The number of hydrogen-bond donors (Lipinski definition) is 1. The second-order valence-corrected chi connectivity index (χ2v) is 10.6. The average molecular weight is 411 g/mol. The number of rotatable bonds is 7. The van der Waals surface area contributed by atoms with Gasteiger partial charge in [0.2, 0.25) is 0 Å². The molecule has 0 bridgehead atoms. The van der Waals surface area contributed by atoms with Gasteiger partial charge in [-0.15, -0.1) is 0 Å². The molecule has 0 amide bonds. The quantitative estimate of drug-likeness (QED) is 0.365. The molecule has 0 saturated carbocycles. The van der Waals surface area contributed by atoms with Crippen LogP contribution in [0.5, 0.6) is 0 Å². The fourth-order valence-electron chi connectivity index (χ4n) is 3.98. The molecule has 2 nitrogen and oxygen atoms in total. The zero-order valence-electron chi connectivity index (χ0n) is 17.1. The van der Waals surface area contributed by atoms with Crippen molar-refractivity contribution >= 4 is 23.4 Å². The first kappa shape index (κ1) is 20.2. The molecule has 0 aliphatic rings. The number of para-hydroxylation sites is 1. The van der Waals surface area contributed by atoms with Gasteiger partial charge in [-0.05, 0) is 17.7 Å². The first-order chi connectivity index (χ1) is 14.7. The third-order valence-electron chi connectivity index (χ3n) is 5.59. The molecule has 0 aliphatic heterocycles. The highest BCUT2D eigenvalue weighted by Gasteiger charge is 2.39. The van der Waals surface area contributed by atoms with Crippen molar-refractivity contribution < 1.29 is 4.57 Å². The highest BCUT2D eigenvalue weighted by molar-refractivity contribution is 7.79. The van der Waals surface area contributed by atoms with Crippen LogP contribution in [0, 0.1) is 0 Å². The van der Waals surface area contributed by atoms with E-state index in [9.17, 15) is 4.57 Å². The molecule has 3 heteroatoms. The van der Waals surface area contributed by atoms with E-state index in [1.165, 1.54) is 0 Å². The Hall–Kier alpha value is -3.09. The van der Waals surface area contributed by atoms with E-state index in [0.29, 0.717) is 0 Å². The van der Waals surface area contributed by atoms with Crippen LogP contribution < -0.4 is 15.9 Å². The Morgan fingerprint density at radius 3 is 1.47 bits per heavy atom. The maximum atomic E-state index is 14.9. The number of benzene rings is 4. The first-order valence-electron chi connectivity index (χ1n) is 10.3. The lowest BCUT2D eigenvalue weighted by Gasteiger charge is -2.33. The molecular formula is C27H26NOP. The summed E-state index contributed by atoms with van der Waals surface area (Å²) < 4.78 is 14.9. The van der Waals surface area contributed by atoms with Gasteiger partial charge in [-0.3, -0.25) is 0 Å². The normalized spacial score (nSPS) is 13.4. The summed E-state index contributed by atoms with van der Waals surface area (Å²) in [6.07, 6.45) is 0. The van der Waals surface area contributed by atoms with Gasteiger partial charge in [0.05, 0.1) is 6.04 Å². The summed E-state index contributed by atoms with van der Waals surface area (Å²) in [5.41, 5.74) is 1.98. The van der Waals surface area contributed by atoms with Crippen molar-refractivity contribution in [3.8, 4) is 0 Å². The Bertz CT molecular complexity index is 1060. The van der Waals surface area contributed by atoms with Crippen molar-refractivity contribution in [3.63, 3.8) is 0 Å². The van der Waals surface area contributed by atoms with Gasteiger partial charge >= 0.3 is 0 Å². The van der Waals surface area contributed by atoms with Crippen molar-refractivity contribution in [2.24, 2.45) is 0 Å². The summed E-state index contributed by atoms with van der Waals surface area (Å²) >= 11 is 0. The summed E-state index contributed by atoms with van der Waals surface area (Å²) in [5, 5.41) is 5.44. The van der Waals surface area contributed by atoms with Crippen LogP contribution in [0.3, 0.4) is 0 Å². The van der Waals surface area contributed by atoms with E-state index in [4.69, 9.17) is 0 Å². The topological polar surface area (TPSA) is 29.1 Å². The van der Waals surface area contributed by atoms with Gasteiger partial charge in [0.1, 0.15) is 7.14 Å². The largest absolute Gasteiger partial charge is 0.377 e. The zero-order valence-corrected chi connectivity index (χ0v) is 18.0. The molecule has 0 spiro atoms. The second kappa shape index (κ2) is 9.15. The third-order valence-corrected chi connectivity index (χ3v) is 9.17. The van der Waals surface area contributed by atoms with Crippen molar-refractivity contribution in [1.29, 1.82) is 0 Å². The smallest absolute Gasteiger partial charge is 0.148 e. The van der Waals surface area contributed by atoms with E-state index >= 15 is 0 Å². The molecule has 4 aromatic rings. The van der Waals surface area contributed by atoms with Crippen molar-refractivity contribution in [3.05, 3.63) is 127 Å². The van der Waals surface area contributed by atoms with Gasteiger partial charge in [0.15, 0.2) is 0 Å². The van der Waals surface area contributed by atoms with Crippen molar-refractivity contribution in [2.75, 3.05) is 5.32 Å². The summed E-state index contributed by atoms with van der Waals surface area (Å²) in [6, 6.07) is 40.2. The molecule has 2 atom stereocenters. The minimum Gasteiger partial charge on any atom is -0.377 e. The number of anilines is 1. The predicted molar refractivity (Wildman–Crippen MR) is 128 cm³/mol. The SMILES string of the molecule is C[C@H]([C@H](Nc1ccccc1)c1ccccc1)P(=O)(c1ccccc1)c1ccccc1. The molecular weight excluding hydrogens is 385 g/mol. The average Bonchev–Trinajstić information content (AvgIpc) is 2.84. The summed E-state index contributed by atoms with van der Waals surface area (Å²) in [6.45, 7) is 2.11. The van der Waals surface area contributed by atoms with Gasteiger partial charge in [-0.25, -0.2) is 0 Å². The number of hydrogen-bond acceptors (Lipinski definition) is 2. The van der Waals surface area contributed by atoms with Gasteiger partial charge < -0.3 is 9.88 Å². The molecule has 0 fully saturated rings. The molecule has 4 aromatic carbocycles. The Morgan fingerprint density at radius 1 is 0.600 bits per heavy atom. The van der Waals surface area contributed by atoms with Crippen molar-refractivity contribution in [1.82, 2.24) is 0 Å². The minimum atomic E-state index is -2.94. The van der Waals surface area contributed by atoms with E-state index in [-0.39, 0.29) is 11.7 Å². The molecule has 0 radical (unpaired) electrons. The van der Waals surface area contributed by atoms with E-state index in [1.807, 2.05) is 97.1 Å². The number of nitrogens with one attached hydrogen (secondary N) is 1. The maximum absolute atomic E-state index is 14.9. The second-order valence-electron chi connectivity index (χ2n) is 7.47. The van der Waals surface area contributed by atoms with Gasteiger partial charge in [-0.2, -0.15) is 0 Å². The lowest BCUT2D eigenvalue weighted by molar-refractivity contribution is 0.571. The lowest BCUT2D eigenvalue weighted by Crippen LogP contribution is -2.32. The zero-order chi connectivity index (χ0) is 20.8. The summed E-state index contributed by atoms with van der Waals surface area (Å²) in [5.74, 6) is 0. The van der Waals surface area contributed by atoms with Crippen LogP contribution in [0.2, 0.25) is 0 Å². The Kier molecular flexibility index (Phi) is 6.16. The monoisotopic (exact) mass is 411 g/mol. The predicted octanol–water partition coefficient (Wildman–Crippen LogP) is 6.24. The minimum absolute atomic E-state index is 0.111. The Balaban J connectivity index is 1.84. The van der Waals surface area contributed by atoms with E-state index in [2.05, 4.69) is 36.5 Å². The Labute approximate surface area is 179 Å². The van der Waals surface area contributed by atoms with Crippen LogP contribution in [0.25, 0.3) is 0 Å². The molecule has 0 unspecified atom stereocenters. The van der Waals surface area contributed by atoms with E-state index in [1.54, 1.807) is 0 Å². The molecule has 30 heavy (non-hydrogen) atoms. The van der Waals surface area contributed by atoms with Crippen molar-refractivity contribution in [2.45, 2.75) is 18.6 Å². The van der Waals surface area contributed by atoms with Crippen LogP contribution in [0.4, 0.5) is 5.69 Å². The summed E-state index contributed by atoms with van der Waals surface area (Å²) in [4.78, 5) is 0. The molecule has 0 heterocycles. The fraction of sp³-hybridized carbons (Fsp3) is 0.111. The highest BCUT2D eigenvalue weighted by Crippen LogP contribution is 2.53. The molecule has 4 rings (SSSR count). The van der Waals surface area contributed by atoms with Crippen LogP contribution in [-0.2, 0) is 4.57 Å². The Morgan fingerprint density at radius 2 is 1.00 bits per heavy atom. The maximum Gasteiger partial charge on any atom is 0.148 e. The molecule has 0 saturated heterocycles. The van der Waals surface area contributed by atoms with Crippen LogP contribution >= 0.6 is 7.14 Å². The van der Waals surface area contributed by atoms with E-state index in [0.717, 1.165) is 21.9 Å². The third kappa shape index (κ3) is 4.10. The van der Waals surface area contributed by atoms with Gasteiger partial charge in [0, 0.05) is 22.0 Å². The van der Waals surface area contributed by atoms with Crippen LogP contribution in [0.15, 0.2) is 121 Å². The molecule has 0 aromatic heterocycles. The molecule has 150 valence electrons. The van der Waals surface area contributed by atoms with Crippen LogP contribution in [0.1, 0.15) is 18.5 Å².